The van der Waals surface area contributed by atoms with Gasteiger partial charge in [-0.1, -0.05) is 41.7 Å². The van der Waals surface area contributed by atoms with Crippen LogP contribution in [0.25, 0.3) is 10.2 Å². The maximum atomic E-state index is 12.2. The fourth-order valence-electron chi connectivity index (χ4n) is 2.69. The zero-order chi connectivity index (χ0) is 17.9. The summed E-state index contributed by atoms with van der Waals surface area (Å²) in [6.45, 7) is 2.07. The Morgan fingerprint density at radius 2 is 1.62 bits per heavy atom. The summed E-state index contributed by atoms with van der Waals surface area (Å²) >= 11 is 1.63. The lowest BCUT2D eigenvalue weighted by Gasteiger charge is -2.07. The smallest absolute Gasteiger partial charge is 0.255 e. The number of rotatable bonds is 4. The molecule has 1 amide bonds. The van der Waals surface area contributed by atoms with Crippen molar-refractivity contribution in [1.82, 2.24) is 4.98 Å². The van der Waals surface area contributed by atoms with Crippen LogP contribution in [0.4, 0.5) is 16.5 Å². The predicted octanol–water partition coefficient (Wildman–Crippen LogP) is 5.60. The van der Waals surface area contributed by atoms with E-state index in [4.69, 9.17) is 0 Å². The minimum absolute atomic E-state index is 0.118. The van der Waals surface area contributed by atoms with Crippen molar-refractivity contribution in [1.29, 1.82) is 0 Å². The highest BCUT2D eigenvalue weighted by Crippen LogP contribution is 2.30. The number of benzene rings is 3. The molecule has 128 valence electrons. The van der Waals surface area contributed by atoms with Crippen molar-refractivity contribution >= 4 is 44.0 Å². The summed E-state index contributed by atoms with van der Waals surface area (Å²) < 4.78 is 1.17. The van der Waals surface area contributed by atoms with Gasteiger partial charge in [0.25, 0.3) is 5.91 Å². The second-order valence-corrected chi connectivity index (χ2v) is 6.99. The first-order valence-electron chi connectivity index (χ1n) is 8.29. The maximum Gasteiger partial charge on any atom is 0.255 e. The van der Waals surface area contributed by atoms with Gasteiger partial charge >= 0.3 is 0 Å². The fraction of sp³-hybridized carbons (Fsp3) is 0.0476. The Balaban J connectivity index is 1.47. The molecule has 26 heavy (non-hydrogen) atoms. The first-order valence-corrected chi connectivity index (χ1v) is 9.10. The summed E-state index contributed by atoms with van der Waals surface area (Å²) in [4.78, 5) is 16.8. The van der Waals surface area contributed by atoms with Crippen molar-refractivity contribution in [2.75, 3.05) is 10.6 Å². The van der Waals surface area contributed by atoms with Crippen molar-refractivity contribution in [2.24, 2.45) is 0 Å². The number of fused-ring (bicyclic) bond motifs is 1. The number of nitrogens with zero attached hydrogens (tertiary/aromatic N) is 1. The van der Waals surface area contributed by atoms with Gasteiger partial charge in [-0.3, -0.25) is 4.79 Å². The lowest BCUT2D eigenvalue weighted by molar-refractivity contribution is 0.102. The molecular formula is C21H17N3OS. The molecule has 0 atom stereocenters. The molecule has 0 spiro atoms. The monoisotopic (exact) mass is 359 g/mol. The summed E-state index contributed by atoms with van der Waals surface area (Å²) in [6, 6.07) is 23.0. The molecule has 0 aliphatic carbocycles. The van der Waals surface area contributed by atoms with Gasteiger partial charge in [0.1, 0.15) is 0 Å². The number of nitrogens with one attached hydrogen (secondary N) is 2. The van der Waals surface area contributed by atoms with Crippen LogP contribution in [0.5, 0.6) is 0 Å². The van der Waals surface area contributed by atoms with E-state index >= 15 is 0 Å². The molecule has 0 radical (unpaired) electrons. The first-order chi connectivity index (χ1) is 12.7. The maximum absolute atomic E-state index is 12.2. The van der Waals surface area contributed by atoms with Crippen LogP contribution in [0.1, 0.15) is 15.9 Å². The Kier molecular flexibility index (Phi) is 4.37. The Morgan fingerprint density at radius 1 is 0.885 bits per heavy atom. The molecule has 0 fully saturated rings. The number of anilines is 3. The molecule has 2 N–H and O–H groups in total. The number of carbonyl (C=O) groups excluding carboxylic acids is 1. The van der Waals surface area contributed by atoms with Crippen molar-refractivity contribution in [2.45, 2.75) is 6.92 Å². The molecule has 4 rings (SSSR count). The van der Waals surface area contributed by atoms with E-state index in [0.717, 1.165) is 22.0 Å². The zero-order valence-electron chi connectivity index (χ0n) is 14.2. The summed E-state index contributed by atoms with van der Waals surface area (Å²) in [5.74, 6) is -0.118. The number of aryl methyl sites for hydroxylation is 1. The third-order valence-electron chi connectivity index (χ3n) is 4.05. The van der Waals surface area contributed by atoms with Gasteiger partial charge in [0, 0.05) is 16.9 Å². The van der Waals surface area contributed by atoms with E-state index in [1.807, 2.05) is 48.5 Å². The van der Waals surface area contributed by atoms with Crippen LogP contribution in [0, 0.1) is 6.92 Å². The summed E-state index contributed by atoms with van der Waals surface area (Å²) in [6.07, 6.45) is 0. The van der Waals surface area contributed by atoms with Gasteiger partial charge in [-0.15, -0.1) is 0 Å². The van der Waals surface area contributed by atoms with Gasteiger partial charge in [0.2, 0.25) is 0 Å². The Labute approximate surface area is 155 Å². The SMILES string of the molecule is Cc1cccc2sc(Nc3ccc(NC(=O)c4ccccc4)cc3)nc12. The molecule has 0 saturated carbocycles. The van der Waals surface area contributed by atoms with Crippen molar-refractivity contribution in [3.05, 3.63) is 83.9 Å². The van der Waals surface area contributed by atoms with Crippen molar-refractivity contribution in [3.8, 4) is 0 Å². The van der Waals surface area contributed by atoms with E-state index in [-0.39, 0.29) is 5.91 Å². The number of hydrogen-bond acceptors (Lipinski definition) is 4. The Morgan fingerprint density at radius 3 is 2.35 bits per heavy atom. The molecule has 4 nitrogen and oxygen atoms in total. The van der Waals surface area contributed by atoms with Gasteiger partial charge in [0.15, 0.2) is 5.13 Å². The summed E-state index contributed by atoms with van der Waals surface area (Å²) in [5.41, 5.74) is 4.53. The van der Waals surface area contributed by atoms with Gasteiger partial charge in [0.05, 0.1) is 10.2 Å². The topological polar surface area (TPSA) is 54.0 Å². The number of hydrogen-bond donors (Lipinski definition) is 2. The second kappa shape index (κ2) is 6.98. The van der Waals surface area contributed by atoms with Crippen LogP contribution in [0.2, 0.25) is 0 Å². The summed E-state index contributed by atoms with van der Waals surface area (Å²) in [7, 11) is 0. The fourth-order valence-corrected chi connectivity index (χ4v) is 3.66. The van der Waals surface area contributed by atoms with Gasteiger partial charge in [-0.25, -0.2) is 4.98 Å². The highest BCUT2D eigenvalue weighted by molar-refractivity contribution is 7.22. The normalized spacial score (nSPS) is 10.7. The van der Waals surface area contributed by atoms with E-state index in [1.54, 1.807) is 23.5 Å². The van der Waals surface area contributed by atoms with E-state index in [1.165, 1.54) is 10.3 Å². The Hall–Kier alpha value is -3.18. The number of para-hydroxylation sites is 1. The lowest BCUT2D eigenvalue weighted by Crippen LogP contribution is -2.11. The molecule has 0 bridgehead atoms. The predicted molar refractivity (Wildman–Crippen MR) is 108 cm³/mol. The standard InChI is InChI=1S/C21H17N3OS/c1-14-6-5-9-18-19(14)24-21(26-18)23-17-12-10-16(11-13-17)22-20(25)15-7-3-2-4-8-15/h2-13H,1H3,(H,22,25)(H,23,24). The molecule has 0 unspecified atom stereocenters. The van der Waals surface area contributed by atoms with Gasteiger partial charge in [-0.05, 0) is 55.0 Å². The molecule has 0 aliphatic rings. The van der Waals surface area contributed by atoms with Crippen LogP contribution >= 0.6 is 11.3 Å². The quantitative estimate of drug-likeness (QED) is 0.498. The minimum Gasteiger partial charge on any atom is -0.332 e. The average molecular weight is 359 g/mol. The second-order valence-electron chi connectivity index (χ2n) is 5.96. The van der Waals surface area contributed by atoms with E-state index in [9.17, 15) is 4.79 Å². The molecule has 0 saturated heterocycles. The number of amides is 1. The molecule has 4 aromatic rings. The van der Waals surface area contributed by atoms with Crippen molar-refractivity contribution < 1.29 is 4.79 Å². The van der Waals surface area contributed by atoms with E-state index < -0.39 is 0 Å². The van der Waals surface area contributed by atoms with Crippen LogP contribution < -0.4 is 10.6 Å². The minimum atomic E-state index is -0.118. The summed E-state index contributed by atoms with van der Waals surface area (Å²) in [5, 5.41) is 7.08. The van der Waals surface area contributed by atoms with Gasteiger partial charge in [-0.2, -0.15) is 0 Å². The number of thiazole rings is 1. The number of carbonyl (C=O) groups is 1. The molecule has 1 aromatic heterocycles. The molecule has 1 heterocycles. The van der Waals surface area contributed by atoms with E-state index in [2.05, 4.69) is 34.7 Å². The number of aromatic nitrogens is 1. The Bertz CT molecular complexity index is 1060. The van der Waals surface area contributed by atoms with Crippen molar-refractivity contribution in [3.63, 3.8) is 0 Å². The third-order valence-corrected chi connectivity index (χ3v) is 4.99. The third kappa shape index (κ3) is 3.43. The highest BCUT2D eigenvalue weighted by Gasteiger charge is 2.07. The zero-order valence-corrected chi connectivity index (χ0v) is 15.0. The largest absolute Gasteiger partial charge is 0.332 e. The molecular weight excluding hydrogens is 342 g/mol. The highest BCUT2D eigenvalue weighted by atomic mass is 32.1. The molecule has 3 aromatic carbocycles. The van der Waals surface area contributed by atoms with Crippen LogP contribution in [-0.2, 0) is 0 Å². The average Bonchev–Trinajstić information content (AvgIpc) is 3.08. The lowest BCUT2D eigenvalue weighted by atomic mass is 10.2. The van der Waals surface area contributed by atoms with Crippen LogP contribution in [0.15, 0.2) is 72.8 Å². The molecule has 5 heteroatoms. The first kappa shape index (κ1) is 16.3. The van der Waals surface area contributed by atoms with E-state index in [0.29, 0.717) is 5.56 Å². The van der Waals surface area contributed by atoms with Crippen LogP contribution in [-0.4, -0.2) is 10.9 Å². The van der Waals surface area contributed by atoms with Gasteiger partial charge < -0.3 is 10.6 Å². The van der Waals surface area contributed by atoms with Crippen LogP contribution in [0.3, 0.4) is 0 Å². The molecule has 0 aliphatic heterocycles.